The summed E-state index contributed by atoms with van der Waals surface area (Å²) < 4.78 is 12.8. The summed E-state index contributed by atoms with van der Waals surface area (Å²) in [6.45, 7) is 0. The van der Waals surface area contributed by atoms with E-state index in [9.17, 15) is 0 Å². The molecule has 0 aliphatic rings. The number of halogens is 1. The minimum Gasteiger partial charge on any atom is -0.494 e. The quantitative estimate of drug-likeness (QED) is 0.448. The lowest BCUT2D eigenvalue weighted by molar-refractivity contribution is 0.410. The van der Waals surface area contributed by atoms with E-state index < -0.39 is 0 Å². The molecular weight excluding hydrogens is 386 g/mol. The van der Waals surface area contributed by atoms with Crippen molar-refractivity contribution in [3.05, 3.63) is 65.6 Å². The zero-order valence-corrected chi connectivity index (χ0v) is 15.8. The maximum atomic E-state index is 6.03. The van der Waals surface area contributed by atoms with Gasteiger partial charge in [-0.05, 0) is 34.7 Å². The summed E-state index contributed by atoms with van der Waals surface area (Å²) in [4.78, 5) is 4.32. The first kappa shape index (κ1) is 17.6. The first-order valence-electron chi connectivity index (χ1n) is 8.00. The average molecular weight is 400 g/mol. The van der Waals surface area contributed by atoms with Crippen LogP contribution >= 0.6 is 23.4 Å². The van der Waals surface area contributed by atoms with E-state index in [-0.39, 0.29) is 0 Å². The number of ether oxygens (including phenoxy) is 1. The Hall–Kier alpha value is -2.84. The standard InChI is InChI=1S/C18H14ClN5O2S/c1-25-15-8-3-2-7-14(15)24-18(21-22-23-24)27-11-17-20-10-16(26-17)12-5-4-6-13(19)9-12/h2-10H,11H2,1H3. The van der Waals surface area contributed by atoms with Gasteiger partial charge < -0.3 is 9.15 Å². The van der Waals surface area contributed by atoms with E-state index in [4.69, 9.17) is 20.8 Å². The lowest BCUT2D eigenvalue weighted by atomic mass is 10.2. The lowest BCUT2D eigenvalue weighted by Gasteiger charge is -2.08. The molecule has 0 radical (unpaired) electrons. The van der Waals surface area contributed by atoms with Crippen molar-refractivity contribution >= 4 is 23.4 Å². The van der Waals surface area contributed by atoms with Crippen molar-refractivity contribution in [1.82, 2.24) is 25.2 Å². The van der Waals surface area contributed by atoms with Crippen LogP contribution < -0.4 is 4.74 Å². The van der Waals surface area contributed by atoms with Crippen LogP contribution in [0.3, 0.4) is 0 Å². The van der Waals surface area contributed by atoms with E-state index in [0.29, 0.717) is 33.3 Å². The molecule has 2 aromatic heterocycles. The number of tetrazole rings is 1. The van der Waals surface area contributed by atoms with Gasteiger partial charge in [-0.25, -0.2) is 4.98 Å². The molecule has 0 bridgehead atoms. The fraction of sp³-hybridized carbons (Fsp3) is 0.111. The number of hydrogen-bond donors (Lipinski definition) is 0. The molecule has 0 saturated carbocycles. The third kappa shape index (κ3) is 3.81. The second-order valence-electron chi connectivity index (χ2n) is 5.46. The molecule has 0 N–H and O–H groups in total. The van der Waals surface area contributed by atoms with E-state index in [1.54, 1.807) is 18.0 Å². The molecule has 0 atom stereocenters. The fourth-order valence-electron chi connectivity index (χ4n) is 2.50. The molecule has 0 amide bonds. The molecule has 2 aromatic carbocycles. The predicted octanol–water partition coefficient (Wildman–Crippen LogP) is 4.27. The number of oxazole rings is 1. The molecule has 9 heteroatoms. The van der Waals surface area contributed by atoms with Crippen LogP contribution in [-0.4, -0.2) is 32.3 Å². The summed E-state index contributed by atoms with van der Waals surface area (Å²) >= 11 is 7.45. The van der Waals surface area contributed by atoms with Crippen LogP contribution in [0.1, 0.15) is 5.89 Å². The Kier molecular flexibility index (Phi) is 5.08. The van der Waals surface area contributed by atoms with Crippen molar-refractivity contribution in [2.24, 2.45) is 0 Å². The van der Waals surface area contributed by atoms with Crippen LogP contribution in [0.25, 0.3) is 17.0 Å². The molecule has 0 saturated heterocycles. The largest absolute Gasteiger partial charge is 0.494 e. The van der Waals surface area contributed by atoms with Crippen LogP contribution in [0.15, 0.2) is 64.3 Å². The molecule has 4 aromatic rings. The summed E-state index contributed by atoms with van der Waals surface area (Å²) in [6.07, 6.45) is 1.69. The molecule has 27 heavy (non-hydrogen) atoms. The summed E-state index contributed by atoms with van der Waals surface area (Å²) in [6, 6.07) is 15.0. The highest BCUT2D eigenvalue weighted by Gasteiger charge is 2.15. The Balaban J connectivity index is 1.52. The molecule has 0 spiro atoms. The van der Waals surface area contributed by atoms with Gasteiger partial charge in [0, 0.05) is 10.6 Å². The summed E-state index contributed by atoms with van der Waals surface area (Å²) in [5.74, 6) is 2.41. The Morgan fingerprint density at radius 1 is 1.19 bits per heavy atom. The van der Waals surface area contributed by atoms with Gasteiger partial charge in [0.2, 0.25) is 11.0 Å². The van der Waals surface area contributed by atoms with Gasteiger partial charge in [-0.2, -0.15) is 4.68 Å². The van der Waals surface area contributed by atoms with Gasteiger partial charge in [-0.3, -0.25) is 0 Å². The molecule has 4 rings (SSSR count). The number of aromatic nitrogens is 5. The van der Waals surface area contributed by atoms with Gasteiger partial charge in [0.15, 0.2) is 5.76 Å². The van der Waals surface area contributed by atoms with Gasteiger partial charge in [0.25, 0.3) is 0 Å². The van der Waals surface area contributed by atoms with Crippen LogP contribution in [-0.2, 0) is 5.75 Å². The zero-order valence-electron chi connectivity index (χ0n) is 14.2. The van der Waals surface area contributed by atoms with Crippen LogP contribution in [0.5, 0.6) is 5.75 Å². The highest BCUT2D eigenvalue weighted by Crippen LogP contribution is 2.29. The minimum absolute atomic E-state index is 0.482. The van der Waals surface area contributed by atoms with Gasteiger partial charge >= 0.3 is 0 Å². The fourth-order valence-corrected chi connectivity index (χ4v) is 3.43. The van der Waals surface area contributed by atoms with Crippen LogP contribution in [0.4, 0.5) is 0 Å². The molecule has 0 fully saturated rings. The summed E-state index contributed by atoms with van der Waals surface area (Å²) in [7, 11) is 1.61. The summed E-state index contributed by atoms with van der Waals surface area (Å²) in [5.41, 5.74) is 1.64. The Bertz CT molecular complexity index is 1070. The van der Waals surface area contributed by atoms with Crippen LogP contribution in [0, 0.1) is 0 Å². The van der Waals surface area contributed by atoms with Gasteiger partial charge in [-0.15, -0.1) is 5.10 Å². The van der Waals surface area contributed by atoms with Crippen LogP contribution in [0.2, 0.25) is 5.02 Å². The topological polar surface area (TPSA) is 78.9 Å². The Morgan fingerprint density at radius 2 is 2.07 bits per heavy atom. The van der Waals surface area contributed by atoms with Gasteiger partial charge in [0.05, 0.1) is 19.1 Å². The first-order valence-corrected chi connectivity index (χ1v) is 9.36. The Labute approximate surface area is 164 Å². The van der Waals surface area contributed by atoms with E-state index in [2.05, 4.69) is 20.5 Å². The first-order chi connectivity index (χ1) is 13.2. The maximum Gasteiger partial charge on any atom is 0.214 e. The molecule has 136 valence electrons. The van der Waals surface area contributed by atoms with Crippen molar-refractivity contribution in [2.75, 3.05) is 7.11 Å². The second-order valence-corrected chi connectivity index (χ2v) is 6.84. The molecular formula is C18H14ClN5O2S. The Morgan fingerprint density at radius 3 is 2.93 bits per heavy atom. The molecule has 0 aliphatic heterocycles. The third-order valence-corrected chi connectivity index (χ3v) is 4.88. The van der Waals surface area contributed by atoms with Crippen molar-refractivity contribution in [3.63, 3.8) is 0 Å². The van der Waals surface area contributed by atoms with E-state index in [1.165, 1.54) is 11.8 Å². The van der Waals surface area contributed by atoms with E-state index in [0.717, 1.165) is 11.3 Å². The number of nitrogens with zero attached hydrogens (tertiary/aromatic N) is 5. The van der Waals surface area contributed by atoms with Crippen molar-refractivity contribution in [2.45, 2.75) is 10.9 Å². The number of para-hydroxylation sites is 2. The minimum atomic E-state index is 0.482. The van der Waals surface area contributed by atoms with Gasteiger partial charge in [0.1, 0.15) is 11.4 Å². The predicted molar refractivity (Wildman–Crippen MR) is 102 cm³/mol. The van der Waals surface area contributed by atoms with E-state index in [1.807, 2.05) is 48.5 Å². The lowest BCUT2D eigenvalue weighted by Crippen LogP contribution is -2.01. The third-order valence-electron chi connectivity index (χ3n) is 3.74. The number of hydrogen-bond acceptors (Lipinski definition) is 7. The van der Waals surface area contributed by atoms with Gasteiger partial charge in [-0.1, -0.05) is 47.6 Å². The molecule has 7 nitrogen and oxygen atoms in total. The maximum absolute atomic E-state index is 6.03. The molecule has 2 heterocycles. The second kappa shape index (κ2) is 7.81. The molecule has 0 aliphatic carbocycles. The monoisotopic (exact) mass is 399 g/mol. The zero-order chi connectivity index (χ0) is 18.6. The smallest absolute Gasteiger partial charge is 0.214 e. The van der Waals surface area contributed by atoms with Crippen molar-refractivity contribution in [3.8, 4) is 22.8 Å². The number of methoxy groups -OCH3 is 1. The molecule has 0 unspecified atom stereocenters. The average Bonchev–Trinajstić information content (AvgIpc) is 3.35. The highest BCUT2D eigenvalue weighted by molar-refractivity contribution is 7.98. The SMILES string of the molecule is COc1ccccc1-n1nnnc1SCc1ncc(-c2cccc(Cl)c2)o1. The van der Waals surface area contributed by atoms with Crippen molar-refractivity contribution < 1.29 is 9.15 Å². The number of benzene rings is 2. The van der Waals surface area contributed by atoms with Crippen molar-refractivity contribution in [1.29, 1.82) is 0 Å². The normalized spacial score (nSPS) is 10.9. The number of rotatable bonds is 6. The van der Waals surface area contributed by atoms with E-state index >= 15 is 0 Å². The summed E-state index contributed by atoms with van der Waals surface area (Å²) in [5, 5.41) is 13.2. The highest BCUT2D eigenvalue weighted by atomic mass is 35.5. The number of thioether (sulfide) groups is 1.